The van der Waals surface area contributed by atoms with Gasteiger partial charge in [0.1, 0.15) is 5.75 Å². The predicted octanol–water partition coefficient (Wildman–Crippen LogP) is 3.57. The highest BCUT2D eigenvalue weighted by atomic mass is 16.5. The highest BCUT2D eigenvalue weighted by Gasteiger charge is 2.59. The number of aryl methyl sites for hydroxylation is 2. The van der Waals surface area contributed by atoms with Gasteiger partial charge < -0.3 is 9.64 Å². The quantitative estimate of drug-likeness (QED) is 0.295. The number of imide groups is 1. The van der Waals surface area contributed by atoms with Crippen molar-refractivity contribution in [1.29, 1.82) is 0 Å². The molecule has 2 aromatic rings. The van der Waals surface area contributed by atoms with E-state index >= 15 is 0 Å². The molecule has 35 heavy (non-hydrogen) atoms. The molecule has 3 fully saturated rings. The molecule has 2 saturated heterocycles. The Morgan fingerprint density at radius 1 is 0.914 bits per heavy atom. The zero-order valence-electron chi connectivity index (χ0n) is 19.6. The van der Waals surface area contributed by atoms with Crippen molar-refractivity contribution in [2.24, 2.45) is 29.6 Å². The van der Waals surface area contributed by atoms with E-state index in [0.29, 0.717) is 17.0 Å². The number of hydrogen-bond acceptors (Lipinski definition) is 5. The Morgan fingerprint density at radius 3 is 2.20 bits per heavy atom. The lowest BCUT2D eigenvalue weighted by Crippen LogP contribution is -2.33. The maximum absolute atomic E-state index is 13.1. The second kappa shape index (κ2) is 7.90. The van der Waals surface area contributed by atoms with Gasteiger partial charge in [0.15, 0.2) is 0 Å². The first-order valence-corrected chi connectivity index (χ1v) is 12.1. The fraction of sp³-hybridized carbons (Fsp3) is 0.357. The number of carbonyl (C=O) groups is 4. The van der Waals surface area contributed by atoms with Gasteiger partial charge in [-0.3, -0.25) is 19.2 Å². The van der Waals surface area contributed by atoms with Gasteiger partial charge in [-0.05, 0) is 68.0 Å². The minimum atomic E-state index is -0.562. The minimum Gasteiger partial charge on any atom is -0.426 e. The van der Waals surface area contributed by atoms with Crippen LogP contribution in [0.5, 0.6) is 5.75 Å². The zero-order valence-corrected chi connectivity index (χ0v) is 19.6. The number of rotatable bonds is 4. The van der Waals surface area contributed by atoms with Crippen LogP contribution in [0.3, 0.4) is 0 Å². The summed E-state index contributed by atoms with van der Waals surface area (Å²) >= 11 is 0. The third-order valence-electron chi connectivity index (χ3n) is 7.90. The lowest BCUT2D eigenvalue weighted by Gasteiger charge is -2.20. The van der Waals surface area contributed by atoms with E-state index in [2.05, 4.69) is 12.2 Å². The van der Waals surface area contributed by atoms with Gasteiger partial charge >= 0.3 is 5.97 Å². The smallest absolute Gasteiger partial charge is 0.316 e. The Morgan fingerprint density at radius 2 is 1.57 bits per heavy atom. The van der Waals surface area contributed by atoms with E-state index in [4.69, 9.17) is 4.74 Å². The van der Waals surface area contributed by atoms with E-state index in [1.54, 1.807) is 30.0 Å². The number of anilines is 2. The number of benzene rings is 2. The molecule has 0 N–H and O–H groups in total. The summed E-state index contributed by atoms with van der Waals surface area (Å²) in [6, 6.07) is 12.6. The maximum Gasteiger partial charge on any atom is 0.316 e. The monoisotopic (exact) mass is 470 g/mol. The Balaban J connectivity index is 1.15. The molecule has 0 aromatic heterocycles. The van der Waals surface area contributed by atoms with Crippen molar-refractivity contribution < 1.29 is 23.9 Å². The van der Waals surface area contributed by atoms with E-state index in [0.717, 1.165) is 17.7 Å². The molecule has 0 spiro atoms. The molecule has 4 aliphatic rings. The molecule has 2 aliphatic carbocycles. The highest BCUT2D eigenvalue weighted by molar-refractivity contribution is 6.23. The topological polar surface area (TPSA) is 84.0 Å². The number of allylic oxidation sites excluding steroid dienone is 2. The van der Waals surface area contributed by atoms with Gasteiger partial charge in [-0.2, -0.15) is 0 Å². The molecule has 2 aromatic carbocycles. The summed E-state index contributed by atoms with van der Waals surface area (Å²) in [4.78, 5) is 54.5. The molecule has 0 unspecified atom stereocenters. The number of nitrogens with zero attached hydrogens (tertiary/aromatic N) is 2. The van der Waals surface area contributed by atoms with Gasteiger partial charge in [-0.15, -0.1) is 0 Å². The fourth-order valence-electron chi connectivity index (χ4n) is 6.12. The number of fused-ring (bicyclic) bond motifs is 5. The lowest BCUT2D eigenvalue weighted by atomic mass is 9.85. The first kappa shape index (κ1) is 21.8. The third kappa shape index (κ3) is 3.40. The minimum absolute atomic E-state index is 0.0969. The molecule has 178 valence electrons. The van der Waals surface area contributed by atoms with Crippen LogP contribution in [0, 0.1) is 43.4 Å². The van der Waals surface area contributed by atoms with Crippen LogP contribution in [0.2, 0.25) is 0 Å². The van der Waals surface area contributed by atoms with E-state index < -0.39 is 11.9 Å². The fourth-order valence-corrected chi connectivity index (χ4v) is 6.12. The van der Waals surface area contributed by atoms with Gasteiger partial charge in [-0.25, -0.2) is 4.90 Å². The number of carbonyl (C=O) groups excluding carboxylic acids is 4. The molecule has 1 saturated carbocycles. The SMILES string of the molecule is Cc1ccc(N2C[C@@H](C(=O)Oc3ccc(N4C(=O)[C@@H]5[C@@H](C4=O)[C@H]4C=C[C@H]5C4)c(C)c3)CC2=O)cc1. The van der Waals surface area contributed by atoms with E-state index in [9.17, 15) is 19.2 Å². The molecular weight excluding hydrogens is 444 g/mol. The van der Waals surface area contributed by atoms with Crippen LogP contribution < -0.4 is 14.5 Å². The zero-order chi connectivity index (χ0) is 24.4. The Hall–Kier alpha value is -3.74. The van der Waals surface area contributed by atoms with Gasteiger partial charge in [0.05, 0.1) is 23.4 Å². The van der Waals surface area contributed by atoms with Crippen LogP contribution in [0.25, 0.3) is 0 Å². The number of hydrogen-bond donors (Lipinski definition) is 0. The first-order valence-electron chi connectivity index (χ1n) is 12.1. The first-order chi connectivity index (χ1) is 16.8. The molecule has 7 nitrogen and oxygen atoms in total. The summed E-state index contributed by atoms with van der Waals surface area (Å²) in [5, 5.41) is 0. The van der Waals surface area contributed by atoms with Crippen LogP contribution in [-0.4, -0.2) is 30.2 Å². The van der Waals surface area contributed by atoms with Crippen LogP contribution in [0.4, 0.5) is 11.4 Å². The van der Waals surface area contributed by atoms with Crippen molar-refractivity contribution >= 4 is 35.1 Å². The van der Waals surface area contributed by atoms with Gasteiger partial charge in [0.25, 0.3) is 0 Å². The summed E-state index contributed by atoms with van der Waals surface area (Å²) in [6.07, 6.45) is 5.13. The number of ether oxygens (including phenoxy) is 1. The summed E-state index contributed by atoms with van der Waals surface area (Å²) in [6.45, 7) is 4.05. The molecule has 7 heteroatoms. The maximum atomic E-state index is 13.1. The summed E-state index contributed by atoms with van der Waals surface area (Å²) in [5.41, 5.74) is 3.08. The molecular formula is C28H26N2O5. The van der Waals surface area contributed by atoms with Gasteiger partial charge in [-0.1, -0.05) is 29.8 Å². The molecule has 2 heterocycles. The summed E-state index contributed by atoms with van der Waals surface area (Å²) in [5.74, 6) is -1.28. The van der Waals surface area contributed by atoms with Crippen molar-refractivity contribution in [1.82, 2.24) is 0 Å². The van der Waals surface area contributed by atoms with Crippen LogP contribution in [-0.2, 0) is 19.2 Å². The van der Waals surface area contributed by atoms with Gasteiger partial charge in [0.2, 0.25) is 17.7 Å². The third-order valence-corrected chi connectivity index (χ3v) is 7.90. The van der Waals surface area contributed by atoms with Crippen molar-refractivity contribution in [3.05, 3.63) is 65.7 Å². The normalized spacial score (nSPS) is 28.9. The average molecular weight is 471 g/mol. The highest BCUT2D eigenvalue weighted by Crippen LogP contribution is 2.53. The Bertz CT molecular complexity index is 1270. The van der Waals surface area contributed by atoms with Crippen LogP contribution in [0.1, 0.15) is 24.0 Å². The van der Waals surface area contributed by atoms with Crippen molar-refractivity contribution in [2.45, 2.75) is 26.7 Å². The summed E-state index contributed by atoms with van der Waals surface area (Å²) < 4.78 is 5.60. The number of amides is 3. The molecule has 0 radical (unpaired) electrons. The van der Waals surface area contributed by atoms with Crippen LogP contribution >= 0.6 is 0 Å². The van der Waals surface area contributed by atoms with E-state index in [1.165, 1.54) is 4.90 Å². The van der Waals surface area contributed by atoms with Crippen molar-refractivity contribution in [3.63, 3.8) is 0 Å². The Labute approximate surface area is 203 Å². The molecule has 2 bridgehead atoms. The Kier molecular flexibility index (Phi) is 4.91. The molecule has 3 amide bonds. The molecule has 6 rings (SSSR count). The average Bonchev–Trinajstić information content (AvgIpc) is 3.59. The van der Waals surface area contributed by atoms with Gasteiger partial charge in [0, 0.05) is 18.7 Å². The largest absolute Gasteiger partial charge is 0.426 e. The van der Waals surface area contributed by atoms with Crippen molar-refractivity contribution in [2.75, 3.05) is 16.3 Å². The van der Waals surface area contributed by atoms with Crippen LogP contribution in [0.15, 0.2) is 54.6 Å². The lowest BCUT2D eigenvalue weighted by molar-refractivity contribution is -0.139. The van der Waals surface area contributed by atoms with E-state index in [-0.39, 0.29) is 54.4 Å². The van der Waals surface area contributed by atoms with E-state index in [1.807, 2.05) is 31.2 Å². The predicted molar refractivity (Wildman–Crippen MR) is 129 cm³/mol. The van der Waals surface area contributed by atoms with Crippen molar-refractivity contribution in [3.8, 4) is 5.75 Å². The second-order valence-corrected chi connectivity index (χ2v) is 10.1. The second-order valence-electron chi connectivity index (χ2n) is 10.1. The molecule has 5 atom stereocenters. The summed E-state index contributed by atoms with van der Waals surface area (Å²) in [7, 11) is 0. The standard InChI is InChI=1S/C28H26N2O5/c1-15-3-7-20(8-4-15)29-14-19(13-23(29)31)28(34)35-21-9-10-22(16(2)11-21)30-26(32)24-17-5-6-18(12-17)25(24)27(30)33/h3-11,17-19,24-25H,12-14H2,1-2H3/t17-,18-,19-,24-,25-/m0/s1. The molecule has 2 aliphatic heterocycles. The number of esters is 1.